The second-order valence-electron chi connectivity index (χ2n) is 4.82. The predicted octanol–water partition coefficient (Wildman–Crippen LogP) is 3.47. The Bertz CT molecular complexity index is 600. The zero-order valence-corrected chi connectivity index (χ0v) is 11.4. The SMILES string of the molecule is CCCCc1ccc(-c2ccc([O-])c(C(=O)O)c2)cc1. The molecule has 0 bridgehead atoms. The molecule has 0 unspecified atom stereocenters. The molecule has 0 aliphatic heterocycles. The summed E-state index contributed by atoms with van der Waals surface area (Å²) in [7, 11) is 0. The van der Waals surface area contributed by atoms with E-state index in [1.165, 1.54) is 17.7 Å². The molecule has 3 heteroatoms. The van der Waals surface area contributed by atoms with E-state index in [0.717, 1.165) is 30.4 Å². The summed E-state index contributed by atoms with van der Waals surface area (Å²) in [6.07, 6.45) is 3.37. The first-order valence-corrected chi connectivity index (χ1v) is 6.75. The number of rotatable bonds is 5. The average Bonchev–Trinajstić information content (AvgIpc) is 2.46. The Balaban J connectivity index is 2.27. The highest BCUT2D eigenvalue weighted by Gasteiger charge is 2.06. The minimum absolute atomic E-state index is 0.183. The number of carbonyl (C=O) groups is 1. The molecule has 2 rings (SSSR count). The number of benzene rings is 2. The van der Waals surface area contributed by atoms with Gasteiger partial charge in [-0.05, 0) is 35.6 Å². The maximum absolute atomic E-state index is 11.4. The van der Waals surface area contributed by atoms with Gasteiger partial charge < -0.3 is 10.2 Å². The summed E-state index contributed by atoms with van der Waals surface area (Å²) < 4.78 is 0. The minimum Gasteiger partial charge on any atom is -0.872 e. The summed E-state index contributed by atoms with van der Waals surface area (Å²) in [5.74, 6) is -1.64. The largest absolute Gasteiger partial charge is 0.872 e. The number of aromatic carboxylic acids is 1. The molecule has 0 saturated carbocycles. The molecule has 0 fully saturated rings. The Morgan fingerprint density at radius 3 is 2.35 bits per heavy atom. The Morgan fingerprint density at radius 1 is 1.10 bits per heavy atom. The normalized spacial score (nSPS) is 10.4. The average molecular weight is 269 g/mol. The van der Waals surface area contributed by atoms with Gasteiger partial charge in [-0.3, -0.25) is 0 Å². The van der Waals surface area contributed by atoms with E-state index in [1.807, 2.05) is 12.1 Å². The molecule has 0 aliphatic rings. The van der Waals surface area contributed by atoms with E-state index in [9.17, 15) is 9.90 Å². The van der Waals surface area contributed by atoms with Crippen LogP contribution in [0, 0.1) is 0 Å². The molecule has 0 heterocycles. The molecule has 2 aromatic rings. The summed E-state index contributed by atoms with van der Waals surface area (Å²) in [5.41, 5.74) is 2.77. The van der Waals surface area contributed by atoms with Crippen LogP contribution in [0.5, 0.6) is 5.75 Å². The Hall–Kier alpha value is -2.29. The van der Waals surface area contributed by atoms with Gasteiger partial charge in [-0.25, -0.2) is 4.79 Å². The summed E-state index contributed by atoms with van der Waals surface area (Å²) in [6, 6.07) is 12.4. The smallest absolute Gasteiger partial charge is 0.335 e. The third-order valence-corrected chi connectivity index (χ3v) is 3.32. The molecule has 0 aliphatic carbocycles. The van der Waals surface area contributed by atoms with Crippen molar-refractivity contribution in [2.45, 2.75) is 26.2 Å². The Morgan fingerprint density at radius 2 is 1.75 bits per heavy atom. The molecule has 2 aromatic carbocycles. The maximum atomic E-state index is 11.4. The van der Waals surface area contributed by atoms with E-state index in [2.05, 4.69) is 19.1 Å². The van der Waals surface area contributed by atoms with Crippen molar-refractivity contribution in [3.8, 4) is 16.9 Å². The quantitative estimate of drug-likeness (QED) is 0.904. The summed E-state index contributed by atoms with van der Waals surface area (Å²) in [5, 5.41) is 20.4. The summed E-state index contributed by atoms with van der Waals surface area (Å²) in [4.78, 5) is 11.0. The van der Waals surface area contributed by atoms with Crippen molar-refractivity contribution in [1.82, 2.24) is 0 Å². The molecule has 0 radical (unpaired) electrons. The van der Waals surface area contributed by atoms with E-state index < -0.39 is 11.7 Å². The molecule has 0 saturated heterocycles. The molecule has 104 valence electrons. The zero-order chi connectivity index (χ0) is 14.5. The fourth-order valence-corrected chi connectivity index (χ4v) is 2.12. The molecular weight excluding hydrogens is 252 g/mol. The number of hydrogen-bond donors (Lipinski definition) is 1. The molecule has 0 spiro atoms. The highest BCUT2D eigenvalue weighted by atomic mass is 16.4. The van der Waals surface area contributed by atoms with Gasteiger partial charge in [0.15, 0.2) is 0 Å². The second-order valence-corrected chi connectivity index (χ2v) is 4.82. The fraction of sp³-hybridized carbons (Fsp3) is 0.235. The van der Waals surface area contributed by atoms with Crippen LogP contribution in [-0.2, 0) is 6.42 Å². The van der Waals surface area contributed by atoms with Gasteiger partial charge >= 0.3 is 5.97 Å². The van der Waals surface area contributed by atoms with Crippen molar-refractivity contribution in [2.24, 2.45) is 0 Å². The van der Waals surface area contributed by atoms with Gasteiger partial charge in [-0.2, -0.15) is 0 Å². The van der Waals surface area contributed by atoms with Crippen LogP contribution in [0.15, 0.2) is 42.5 Å². The lowest BCUT2D eigenvalue weighted by Crippen LogP contribution is -2.03. The van der Waals surface area contributed by atoms with Gasteiger partial charge in [0.1, 0.15) is 0 Å². The standard InChI is InChI=1S/C17H18O3/c1-2-3-4-12-5-7-13(8-6-12)14-9-10-16(18)15(11-14)17(19)20/h5-11,18H,2-4H2,1H3,(H,19,20)/p-1. The fourth-order valence-electron chi connectivity index (χ4n) is 2.12. The van der Waals surface area contributed by atoms with Crippen LogP contribution in [0.1, 0.15) is 35.7 Å². The number of unbranched alkanes of at least 4 members (excludes halogenated alkanes) is 1. The maximum Gasteiger partial charge on any atom is 0.335 e. The van der Waals surface area contributed by atoms with Crippen LogP contribution in [0.4, 0.5) is 0 Å². The summed E-state index contributed by atoms with van der Waals surface area (Å²) >= 11 is 0. The van der Waals surface area contributed by atoms with Gasteiger partial charge in [0.2, 0.25) is 0 Å². The van der Waals surface area contributed by atoms with E-state index in [0.29, 0.717) is 0 Å². The molecule has 0 amide bonds. The first-order chi connectivity index (χ1) is 9.61. The third-order valence-electron chi connectivity index (χ3n) is 3.32. The summed E-state index contributed by atoms with van der Waals surface area (Å²) in [6.45, 7) is 2.16. The second kappa shape index (κ2) is 6.24. The lowest BCUT2D eigenvalue weighted by Gasteiger charge is -2.12. The topological polar surface area (TPSA) is 60.4 Å². The first kappa shape index (κ1) is 14.1. The van der Waals surface area contributed by atoms with Crippen LogP contribution >= 0.6 is 0 Å². The van der Waals surface area contributed by atoms with Crippen molar-refractivity contribution >= 4 is 5.97 Å². The first-order valence-electron chi connectivity index (χ1n) is 6.75. The van der Waals surface area contributed by atoms with E-state index in [1.54, 1.807) is 6.07 Å². The van der Waals surface area contributed by atoms with Gasteiger partial charge in [0.05, 0.1) is 5.56 Å². The van der Waals surface area contributed by atoms with Gasteiger partial charge in [-0.15, -0.1) is 0 Å². The van der Waals surface area contributed by atoms with Crippen molar-refractivity contribution in [3.63, 3.8) is 0 Å². The highest BCUT2D eigenvalue weighted by Crippen LogP contribution is 2.25. The number of carboxylic acid groups (broad SMARTS) is 1. The Labute approximate surface area is 118 Å². The molecule has 3 nitrogen and oxygen atoms in total. The molecule has 0 aromatic heterocycles. The van der Waals surface area contributed by atoms with Crippen molar-refractivity contribution in [1.29, 1.82) is 0 Å². The monoisotopic (exact) mass is 269 g/mol. The minimum atomic E-state index is -1.18. The van der Waals surface area contributed by atoms with Gasteiger partial charge in [-0.1, -0.05) is 55.5 Å². The molecular formula is C17H17O3-. The van der Waals surface area contributed by atoms with Crippen molar-refractivity contribution in [2.75, 3.05) is 0 Å². The lowest BCUT2D eigenvalue weighted by molar-refractivity contribution is -0.268. The van der Waals surface area contributed by atoms with Crippen LogP contribution < -0.4 is 5.11 Å². The van der Waals surface area contributed by atoms with E-state index >= 15 is 0 Å². The predicted molar refractivity (Wildman–Crippen MR) is 76.9 cm³/mol. The van der Waals surface area contributed by atoms with Gasteiger partial charge in [0, 0.05) is 0 Å². The molecule has 20 heavy (non-hydrogen) atoms. The third kappa shape index (κ3) is 3.18. The van der Waals surface area contributed by atoms with Crippen LogP contribution in [-0.4, -0.2) is 11.1 Å². The van der Waals surface area contributed by atoms with E-state index in [4.69, 9.17) is 5.11 Å². The number of aryl methyl sites for hydroxylation is 1. The zero-order valence-electron chi connectivity index (χ0n) is 11.4. The lowest BCUT2D eigenvalue weighted by atomic mass is 10.00. The van der Waals surface area contributed by atoms with Crippen LogP contribution in [0.2, 0.25) is 0 Å². The number of hydrogen-bond acceptors (Lipinski definition) is 2. The van der Waals surface area contributed by atoms with Gasteiger partial charge in [0.25, 0.3) is 0 Å². The van der Waals surface area contributed by atoms with E-state index in [-0.39, 0.29) is 5.56 Å². The molecule has 0 atom stereocenters. The van der Waals surface area contributed by atoms with Crippen molar-refractivity contribution < 1.29 is 15.0 Å². The van der Waals surface area contributed by atoms with Crippen molar-refractivity contribution in [3.05, 3.63) is 53.6 Å². The highest BCUT2D eigenvalue weighted by molar-refractivity contribution is 5.92. The van der Waals surface area contributed by atoms with Crippen LogP contribution in [0.25, 0.3) is 11.1 Å². The molecule has 1 N–H and O–H groups in total. The van der Waals surface area contributed by atoms with Crippen LogP contribution in [0.3, 0.4) is 0 Å². The number of carboxylic acids is 1. The Kier molecular flexibility index (Phi) is 4.41.